The Balaban J connectivity index is 1.95. The highest BCUT2D eigenvalue weighted by molar-refractivity contribution is 14.1. The van der Waals surface area contributed by atoms with Crippen LogP contribution in [0.3, 0.4) is 0 Å². The third-order valence-corrected chi connectivity index (χ3v) is 4.25. The molecule has 0 saturated carbocycles. The predicted octanol–water partition coefficient (Wildman–Crippen LogP) is 3.47. The van der Waals surface area contributed by atoms with Crippen LogP contribution in [0.15, 0.2) is 24.3 Å². The number of halogens is 4. The Bertz CT molecular complexity index is 760. The first kappa shape index (κ1) is 16.3. The fourth-order valence-electron chi connectivity index (χ4n) is 2.23. The second-order valence-electron chi connectivity index (χ2n) is 5.19. The summed E-state index contributed by atoms with van der Waals surface area (Å²) in [5.74, 6) is -0.199. The number of alkyl halides is 3. The molecule has 0 bridgehead atoms. The highest BCUT2D eigenvalue weighted by Gasteiger charge is 2.34. The first-order valence-electron chi connectivity index (χ1n) is 6.93. The van der Waals surface area contributed by atoms with Crippen LogP contribution in [0.25, 0.3) is 10.9 Å². The van der Waals surface area contributed by atoms with E-state index >= 15 is 0 Å². The summed E-state index contributed by atoms with van der Waals surface area (Å²) in [4.78, 5) is 17.1. The van der Waals surface area contributed by atoms with Gasteiger partial charge < -0.3 is 9.64 Å². The van der Waals surface area contributed by atoms with Crippen LogP contribution in [0.5, 0.6) is 5.75 Å². The van der Waals surface area contributed by atoms with E-state index in [9.17, 15) is 18.0 Å². The van der Waals surface area contributed by atoms with E-state index < -0.39 is 11.9 Å². The van der Waals surface area contributed by atoms with Gasteiger partial charge in [0.2, 0.25) is 0 Å². The minimum atomic E-state index is -4.57. The van der Waals surface area contributed by atoms with Gasteiger partial charge >= 0.3 is 6.18 Å². The number of ether oxygens (including phenoxy) is 1. The molecule has 2 aromatic rings. The summed E-state index contributed by atoms with van der Waals surface area (Å²) in [5, 5.41) is 0.460. The molecule has 1 aliphatic rings. The number of benzene rings is 1. The molecule has 1 fully saturated rings. The Morgan fingerprint density at radius 2 is 2.04 bits per heavy atom. The van der Waals surface area contributed by atoms with E-state index in [1.807, 2.05) is 0 Å². The molecule has 1 saturated heterocycles. The van der Waals surface area contributed by atoms with Crippen molar-refractivity contribution in [2.45, 2.75) is 12.6 Å². The van der Waals surface area contributed by atoms with E-state index in [1.165, 1.54) is 6.07 Å². The Morgan fingerprint density at radius 3 is 2.65 bits per heavy atom. The van der Waals surface area contributed by atoms with E-state index in [2.05, 4.69) is 27.6 Å². The second kappa shape index (κ2) is 6.14. The lowest BCUT2D eigenvalue weighted by Crippen LogP contribution is -2.44. The molecule has 2 heterocycles. The van der Waals surface area contributed by atoms with Gasteiger partial charge in [0.1, 0.15) is 11.4 Å². The first-order chi connectivity index (χ1) is 10.8. The van der Waals surface area contributed by atoms with E-state index in [-0.39, 0.29) is 23.8 Å². The van der Waals surface area contributed by atoms with E-state index in [0.29, 0.717) is 18.5 Å². The van der Waals surface area contributed by atoms with Crippen molar-refractivity contribution in [2.24, 2.45) is 0 Å². The zero-order chi connectivity index (χ0) is 16.6. The van der Waals surface area contributed by atoms with Crippen LogP contribution in [0.2, 0.25) is 0 Å². The number of hydrogen-bond donors (Lipinski definition) is 0. The Kier molecular flexibility index (Phi) is 4.35. The number of aromatic nitrogens is 1. The minimum absolute atomic E-state index is 0.0229. The summed E-state index contributed by atoms with van der Waals surface area (Å²) in [6, 6.07) is 5.72. The van der Waals surface area contributed by atoms with Gasteiger partial charge in [-0.3, -0.25) is 4.79 Å². The summed E-state index contributed by atoms with van der Waals surface area (Å²) in [6.07, 6.45) is -3.63. The van der Waals surface area contributed by atoms with Crippen molar-refractivity contribution >= 4 is 39.4 Å². The number of carbonyl (C=O) groups is 1. The maximum absolute atomic E-state index is 13.0. The van der Waals surface area contributed by atoms with E-state index in [0.717, 1.165) is 16.1 Å². The van der Waals surface area contributed by atoms with Gasteiger partial charge in [-0.15, -0.1) is 0 Å². The highest BCUT2D eigenvalue weighted by atomic mass is 127. The number of nitrogens with zero attached hydrogens (tertiary/aromatic N) is 2. The number of hydrogen-bond acceptors (Lipinski definition) is 3. The summed E-state index contributed by atoms with van der Waals surface area (Å²) in [6.45, 7) is 1.07. The van der Waals surface area contributed by atoms with Gasteiger partial charge in [0.25, 0.3) is 5.91 Å². The zero-order valence-corrected chi connectivity index (χ0v) is 14.0. The lowest BCUT2D eigenvalue weighted by molar-refractivity contribution is -0.141. The van der Waals surface area contributed by atoms with Gasteiger partial charge in [-0.05, 0) is 47.2 Å². The molecule has 3 rings (SSSR count). The standard InChI is InChI=1S/C15H12F3IN2O2/c16-15(17,18)13-7-12(23-8-14(22)21-4-1-5-21)10-6-9(19)2-3-11(10)20-13/h2-3,6-7H,1,4-5,8H2. The van der Waals surface area contributed by atoms with Gasteiger partial charge in [0.05, 0.1) is 5.52 Å². The predicted molar refractivity (Wildman–Crippen MR) is 86.2 cm³/mol. The molecule has 4 nitrogen and oxygen atoms in total. The summed E-state index contributed by atoms with van der Waals surface area (Å²) in [5.41, 5.74) is -0.843. The molecule has 0 unspecified atom stereocenters. The number of pyridine rings is 1. The molecule has 1 aromatic carbocycles. The summed E-state index contributed by atoms with van der Waals surface area (Å²) >= 11 is 2.06. The topological polar surface area (TPSA) is 42.4 Å². The molecule has 23 heavy (non-hydrogen) atoms. The monoisotopic (exact) mass is 436 g/mol. The van der Waals surface area contributed by atoms with Crippen LogP contribution in [0, 0.1) is 3.57 Å². The molecule has 0 aliphatic carbocycles. The lowest BCUT2D eigenvalue weighted by Gasteiger charge is -2.30. The van der Waals surface area contributed by atoms with Crippen molar-refractivity contribution in [2.75, 3.05) is 19.7 Å². The normalized spacial score (nSPS) is 14.7. The van der Waals surface area contributed by atoms with Crippen LogP contribution in [0.1, 0.15) is 12.1 Å². The largest absolute Gasteiger partial charge is 0.483 e. The molecule has 122 valence electrons. The first-order valence-corrected chi connectivity index (χ1v) is 8.00. The molecule has 0 spiro atoms. The summed E-state index contributed by atoms with van der Waals surface area (Å²) in [7, 11) is 0. The quantitative estimate of drug-likeness (QED) is 0.693. The Labute approximate surface area is 143 Å². The minimum Gasteiger partial charge on any atom is -0.483 e. The summed E-state index contributed by atoms with van der Waals surface area (Å²) < 4.78 is 45.2. The average molecular weight is 436 g/mol. The van der Waals surface area contributed by atoms with Crippen molar-refractivity contribution in [3.63, 3.8) is 0 Å². The molecule has 0 radical (unpaired) electrons. The number of fused-ring (bicyclic) bond motifs is 1. The molecule has 1 amide bonds. The average Bonchev–Trinajstić information content (AvgIpc) is 2.41. The van der Waals surface area contributed by atoms with Crippen molar-refractivity contribution in [1.82, 2.24) is 9.88 Å². The molecule has 0 N–H and O–H groups in total. The lowest BCUT2D eigenvalue weighted by atomic mass is 10.1. The fourth-order valence-corrected chi connectivity index (χ4v) is 2.72. The maximum Gasteiger partial charge on any atom is 0.433 e. The smallest absolute Gasteiger partial charge is 0.433 e. The number of carbonyl (C=O) groups excluding carboxylic acids is 1. The maximum atomic E-state index is 13.0. The van der Waals surface area contributed by atoms with Crippen LogP contribution in [-0.4, -0.2) is 35.5 Å². The van der Waals surface area contributed by atoms with Gasteiger partial charge in [0.15, 0.2) is 6.61 Å². The van der Waals surface area contributed by atoms with Crippen LogP contribution in [-0.2, 0) is 11.0 Å². The van der Waals surface area contributed by atoms with Crippen molar-refractivity contribution < 1.29 is 22.7 Å². The van der Waals surface area contributed by atoms with Gasteiger partial charge in [-0.1, -0.05) is 0 Å². The third-order valence-electron chi connectivity index (χ3n) is 3.58. The number of amides is 1. The van der Waals surface area contributed by atoms with Crippen LogP contribution in [0.4, 0.5) is 13.2 Å². The fraction of sp³-hybridized carbons (Fsp3) is 0.333. The SMILES string of the molecule is O=C(COc1cc(C(F)(F)F)nc2ccc(I)cc12)N1CCC1. The molecule has 1 aliphatic heterocycles. The van der Waals surface area contributed by atoms with Crippen LogP contribution < -0.4 is 4.74 Å². The van der Waals surface area contributed by atoms with Gasteiger partial charge in [-0.2, -0.15) is 13.2 Å². The number of likely N-dealkylation sites (tertiary alicyclic amines) is 1. The van der Waals surface area contributed by atoms with Crippen molar-refractivity contribution in [3.05, 3.63) is 33.5 Å². The van der Waals surface area contributed by atoms with Gasteiger partial charge in [-0.25, -0.2) is 4.98 Å². The highest BCUT2D eigenvalue weighted by Crippen LogP contribution is 2.34. The Morgan fingerprint density at radius 1 is 1.30 bits per heavy atom. The van der Waals surface area contributed by atoms with E-state index in [4.69, 9.17) is 4.74 Å². The van der Waals surface area contributed by atoms with Crippen molar-refractivity contribution in [1.29, 1.82) is 0 Å². The molecule has 0 atom stereocenters. The molecular formula is C15H12F3IN2O2. The van der Waals surface area contributed by atoms with E-state index in [1.54, 1.807) is 17.0 Å². The van der Waals surface area contributed by atoms with Crippen molar-refractivity contribution in [3.8, 4) is 5.75 Å². The zero-order valence-electron chi connectivity index (χ0n) is 11.9. The van der Waals surface area contributed by atoms with Gasteiger partial charge in [0, 0.05) is 28.1 Å². The second-order valence-corrected chi connectivity index (χ2v) is 6.43. The Hall–Kier alpha value is -1.58. The number of rotatable bonds is 3. The third kappa shape index (κ3) is 3.51. The molecular weight excluding hydrogens is 424 g/mol. The molecule has 8 heteroatoms. The van der Waals surface area contributed by atoms with Crippen LogP contribution >= 0.6 is 22.6 Å². The molecule has 1 aromatic heterocycles.